The second kappa shape index (κ2) is 11.4. The lowest BCUT2D eigenvalue weighted by molar-refractivity contribution is 0.466. The van der Waals surface area contributed by atoms with Crippen LogP contribution in [0.5, 0.6) is 0 Å². The van der Waals surface area contributed by atoms with Crippen LogP contribution in [-0.2, 0) is 19.9 Å². The lowest BCUT2D eigenvalue weighted by Gasteiger charge is -2.25. The predicted molar refractivity (Wildman–Crippen MR) is 134 cm³/mol. The molecule has 0 saturated carbocycles. The average Bonchev–Trinajstić information content (AvgIpc) is 2.81. The highest BCUT2D eigenvalue weighted by atomic mass is 35.5. The summed E-state index contributed by atoms with van der Waals surface area (Å²) in [4.78, 5) is -0.103. The first-order valence-corrected chi connectivity index (χ1v) is 14.1. The van der Waals surface area contributed by atoms with E-state index in [9.17, 15) is 25.6 Å². The van der Waals surface area contributed by atoms with Gasteiger partial charge in [-0.25, -0.2) is 30.3 Å². The number of sulfone groups is 1. The zero-order valence-corrected chi connectivity index (χ0v) is 21.1. The van der Waals surface area contributed by atoms with E-state index < -0.39 is 42.7 Å². The largest absolute Gasteiger partial charge is 0.233 e. The number of sulfonamides is 1. The van der Waals surface area contributed by atoms with Crippen LogP contribution in [0.2, 0.25) is 5.02 Å². The molecule has 0 aliphatic heterocycles. The summed E-state index contributed by atoms with van der Waals surface area (Å²) < 4.78 is 82.7. The molecule has 0 aromatic heterocycles. The van der Waals surface area contributed by atoms with Gasteiger partial charge >= 0.3 is 0 Å². The molecule has 5 nitrogen and oxygen atoms in total. The molecule has 35 heavy (non-hydrogen) atoms. The number of hydrogen-bond donors (Lipinski definition) is 1. The van der Waals surface area contributed by atoms with Crippen molar-refractivity contribution in [3.63, 3.8) is 0 Å². The maximum atomic E-state index is 14.7. The molecule has 0 aliphatic rings. The van der Waals surface area contributed by atoms with E-state index in [2.05, 4.69) is 4.72 Å². The highest BCUT2D eigenvalue weighted by Gasteiger charge is 2.36. The first-order chi connectivity index (χ1) is 16.5. The van der Waals surface area contributed by atoms with Gasteiger partial charge in [0.15, 0.2) is 9.84 Å². The van der Waals surface area contributed by atoms with E-state index in [1.54, 1.807) is 37.3 Å². The SMILES string of the molecule is CC(CCNS(=O)(=O)C=Cc1ccccc1)C(c1cc(F)ccc1F)S(=O)(=O)c1ccc(Cl)cc1. The molecular weight excluding hydrogens is 516 g/mol. The Morgan fingerprint density at radius 3 is 2.26 bits per heavy atom. The van der Waals surface area contributed by atoms with Gasteiger partial charge < -0.3 is 0 Å². The molecule has 0 amide bonds. The second-order valence-electron chi connectivity index (χ2n) is 8.00. The first kappa shape index (κ1) is 27.0. The quantitative estimate of drug-likeness (QED) is 0.356. The van der Waals surface area contributed by atoms with E-state index in [0.717, 1.165) is 23.6 Å². The van der Waals surface area contributed by atoms with Crippen LogP contribution in [0.4, 0.5) is 8.78 Å². The van der Waals surface area contributed by atoms with Crippen LogP contribution >= 0.6 is 11.6 Å². The van der Waals surface area contributed by atoms with Crippen molar-refractivity contribution in [2.24, 2.45) is 5.92 Å². The van der Waals surface area contributed by atoms with Crippen molar-refractivity contribution in [2.45, 2.75) is 23.5 Å². The fraction of sp³-hybridized carbons (Fsp3) is 0.200. The van der Waals surface area contributed by atoms with Crippen LogP contribution in [0.25, 0.3) is 6.08 Å². The third-order valence-corrected chi connectivity index (χ3v) is 9.07. The second-order valence-corrected chi connectivity index (χ2v) is 12.2. The van der Waals surface area contributed by atoms with E-state index in [0.29, 0.717) is 10.6 Å². The number of benzene rings is 3. The maximum absolute atomic E-state index is 14.7. The van der Waals surface area contributed by atoms with E-state index in [1.807, 2.05) is 0 Å². The summed E-state index contributed by atoms with van der Waals surface area (Å²) >= 11 is 5.87. The van der Waals surface area contributed by atoms with Crippen LogP contribution in [0.1, 0.15) is 29.7 Å². The molecule has 2 unspecified atom stereocenters. The van der Waals surface area contributed by atoms with E-state index >= 15 is 0 Å². The lowest BCUT2D eigenvalue weighted by Crippen LogP contribution is -2.28. The predicted octanol–water partition coefficient (Wildman–Crippen LogP) is 5.75. The van der Waals surface area contributed by atoms with Crippen molar-refractivity contribution in [3.8, 4) is 0 Å². The molecule has 0 radical (unpaired) electrons. The topological polar surface area (TPSA) is 80.3 Å². The summed E-state index contributed by atoms with van der Waals surface area (Å²) in [7, 11) is -7.98. The van der Waals surface area contributed by atoms with Gasteiger partial charge in [0.05, 0.1) is 10.1 Å². The van der Waals surface area contributed by atoms with Gasteiger partial charge in [-0.1, -0.05) is 48.9 Å². The minimum atomic E-state index is -4.18. The summed E-state index contributed by atoms with van der Waals surface area (Å²) in [5, 5.41) is -0.117. The Kier molecular flexibility index (Phi) is 8.82. The molecule has 0 bridgehead atoms. The van der Waals surface area contributed by atoms with Crippen molar-refractivity contribution in [1.29, 1.82) is 0 Å². The molecule has 3 aromatic carbocycles. The lowest BCUT2D eigenvalue weighted by atomic mass is 9.97. The summed E-state index contributed by atoms with van der Waals surface area (Å²) in [5.41, 5.74) is 0.376. The van der Waals surface area contributed by atoms with Crippen LogP contribution in [0, 0.1) is 17.6 Å². The molecule has 0 fully saturated rings. The molecule has 3 rings (SSSR count). The highest BCUT2D eigenvalue weighted by molar-refractivity contribution is 7.92. The summed E-state index contributed by atoms with van der Waals surface area (Å²) in [6.07, 6.45) is 1.48. The van der Waals surface area contributed by atoms with Gasteiger partial charge in [-0.2, -0.15) is 0 Å². The zero-order chi connectivity index (χ0) is 25.6. The van der Waals surface area contributed by atoms with E-state index in [-0.39, 0.29) is 23.4 Å². The third kappa shape index (κ3) is 7.20. The third-order valence-electron chi connectivity index (χ3n) is 5.40. The van der Waals surface area contributed by atoms with Crippen molar-refractivity contribution >= 4 is 37.5 Å². The van der Waals surface area contributed by atoms with Crippen molar-refractivity contribution in [3.05, 3.63) is 106 Å². The molecule has 2 atom stereocenters. The van der Waals surface area contributed by atoms with Gasteiger partial charge in [0, 0.05) is 22.5 Å². The standard InChI is InChI=1S/C25H24ClF2NO4S2/c1-18(13-15-29-34(30,31)16-14-19-5-3-2-4-6-19)25(23-17-21(27)9-12-24(23)28)35(32,33)22-10-7-20(26)8-11-22/h2-12,14,16-18,25,29H,13,15H2,1H3. The van der Waals surface area contributed by atoms with Crippen molar-refractivity contribution in [1.82, 2.24) is 4.72 Å². The van der Waals surface area contributed by atoms with Crippen LogP contribution in [0.15, 0.2) is 83.1 Å². The molecule has 186 valence electrons. The van der Waals surface area contributed by atoms with E-state index in [1.165, 1.54) is 30.3 Å². The Labute approximate surface area is 209 Å². The fourth-order valence-corrected chi connectivity index (χ4v) is 6.68. The molecular formula is C25H24ClF2NO4S2. The molecule has 0 saturated heterocycles. The van der Waals surface area contributed by atoms with Crippen LogP contribution in [-0.4, -0.2) is 23.4 Å². The maximum Gasteiger partial charge on any atom is 0.233 e. The number of halogens is 3. The molecule has 0 spiro atoms. The van der Waals surface area contributed by atoms with Crippen LogP contribution in [0.3, 0.4) is 0 Å². The Morgan fingerprint density at radius 1 is 0.943 bits per heavy atom. The fourth-order valence-electron chi connectivity index (χ4n) is 3.64. The van der Waals surface area contributed by atoms with Gasteiger partial charge in [-0.3, -0.25) is 0 Å². The van der Waals surface area contributed by atoms with Crippen molar-refractivity contribution < 1.29 is 25.6 Å². The number of hydrogen-bond acceptors (Lipinski definition) is 4. The Bertz CT molecular complexity index is 1400. The van der Waals surface area contributed by atoms with Gasteiger partial charge in [-0.05, 0) is 66.4 Å². The number of rotatable bonds is 10. The Morgan fingerprint density at radius 2 is 1.60 bits per heavy atom. The molecule has 1 N–H and O–H groups in total. The Balaban J connectivity index is 1.83. The van der Waals surface area contributed by atoms with Gasteiger partial charge in [0.25, 0.3) is 0 Å². The normalized spacial score (nSPS) is 14.2. The highest BCUT2D eigenvalue weighted by Crippen LogP contribution is 2.38. The summed E-state index contributed by atoms with van der Waals surface area (Å²) in [5.74, 6) is -2.42. The van der Waals surface area contributed by atoms with Gasteiger partial charge in [0.1, 0.15) is 11.6 Å². The van der Waals surface area contributed by atoms with Gasteiger partial charge in [0.2, 0.25) is 10.0 Å². The van der Waals surface area contributed by atoms with Gasteiger partial charge in [-0.15, -0.1) is 0 Å². The first-order valence-electron chi connectivity index (χ1n) is 10.7. The molecule has 3 aromatic rings. The zero-order valence-electron chi connectivity index (χ0n) is 18.7. The molecule has 10 heteroatoms. The monoisotopic (exact) mass is 539 g/mol. The summed E-state index contributed by atoms with van der Waals surface area (Å²) in [6, 6.07) is 16.9. The summed E-state index contributed by atoms with van der Waals surface area (Å²) in [6.45, 7) is 1.45. The van der Waals surface area contributed by atoms with E-state index in [4.69, 9.17) is 11.6 Å². The molecule has 0 heterocycles. The minimum Gasteiger partial charge on any atom is -0.223 e. The minimum absolute atomic E-state index is 0.0475. The Hall–Kier alpha value is -2.59. The molecule has 0 aliphatic carbocycles. The average molecular weight is 540 g/mol. The smallest absolute Gasteiger partial charge is 0.223 e. The van der Waals surface area contributed by atoms with Crippen LogP contribution < -0.4 is 4.72 Å². The number of nitrogens with one attached hydrogen (secondary N) is 1. The van der Waals surface area contributed by atoms with Crippen molar-refractivity contribution in [2.75, 3.05) is 6.54 Å².